The number of hydrogen-bond donors (Lipinski definition) is 1. The Balaban J connectivity index is 2.43. The second-order valence-corrected chi connectivity index (χ2v) is 6.40. The first kappa shape index (κ1) is 15.2. The molecule has 5 heteroatoms. The number of nitrogens with one attached hydrogen (secondary N) is 1. The molecule has 0 radical (unpaired) electrons. The standard InChI is InChI=1S/C15H21F3N2/c1-9(2)12-7-19-15(3,4)8-20(12)11-6-5-10(16)13(17)14(11)18/h5-6,9,12,19H,7-8H2,1-4H3. The van der Waals surface area contributed by atoms with Crippen LogP contribution in [0.1, 0.15) is 27.7 Å². The van der Waals surface area contributed by atoms with Gasteiger partial charge < -0.3 is 10.2 Å². The Morgan fingerprint density at radius 2 is 1.85 bits per heavy atom. The zero-order valence-corrected chi connectivity index (χ0v) is 12.3. The average molecular weight is 286 g/mol. The van der Waals surface area contributed by atoms with Crippen LogP contribution >= 0.6 is 0 Å². The topological polar surface area (TPSA) is 15.3 Å². The summed E-state index contributed by atoms with van der Waals surface area (Å²) in [6.45, 7) is 9.31. The van der Waals surface area contributed by atoms with Crippen LogP contribution in [-0.4, -0.2) is 24.7 Å². The predicted molar refractivity (Wildman–Crippen MR) is 74.4 cm³/mol. The molecule has 2 rings (SSSR count). The largest absolute Gasteiger partial charge is 0.363 e. The summed E-state index contributed by atoms with van der Waals surface area (Å²) in [5.74, 6) is -3.39. The molecule has 1 unspecified atom stereocenters. The fraction of sp³-hybridized carbons (Fsp3) is 0.600. The third-order valence-electron chi connectivity index (χ3n) is 3.85. The van der Waals surface area contributed by atoms with Gasteiger partial charge in [0.25, 0.3) is 0 Å². The maximum absolute atomic E-state index is 14.1. The van der Waals surface area contributed by atoms with Gasteiger partial charge in [0.05, 0.1) is 5.69 Å². The monoisotopic (exact) mass is 286 g/mol. The zero-order valence-electron chi connectivity index (χ0n) is 12.3. The summed E-state index contributed by atoms with van der Waals surface area (Å²) < 4.78 is 40.6. The van der Waals surface area contributed by atoms with Crippen LogP contribution in [0, 0.1) is 23.4 Å². The number of benzene rings is 1. The molecule has 2 nitrogen and oxygen atoms in total. The van der Waals surface area contributed by atoms with Gasteiger partial charge in [-0.2, -0.15) is 0 Å². The van der Waals surface area contributed by atoms with Gasteiger partial charge in [0.15, 0.2) is 17.5 Å². The first-order valence-electron chi connectivity index (χ1n) is 6.88. The van der Waals surface area contributed by atoms with E-state index in [1.807, 2.05) is 32.6 Å². The van der Waals surface area contributed by atoms with Gasteiger partial charge in [-0.3, -0.25) is 0 Å². The van der Waals surface area contributed by atoms with E-state index in [2.05, 4.69) is 5.32 Å². The van der Waals surface area contributed by atoms with Crippen molar-refractivity contribution in [3.05, 3.63) is 29.6 Å². The lowest BCUT2D eigenvalue weighted by Gasteiger charge is -2.47. The molecule has 0 aliphatic carbocycles. The second-order valence-electron chi connectivity index (χ2n) is 6.40. The fourth-order valence-electron chi connectivity index (χ4n) is 2.69. The van der Waals surface area contributed by atoms with Crippen molar-refractivity contribution in [1.82, 2.24) is 5.32 Å². The maximum atomic E-state index is 14.1. The number of rotatable bonds is 2. The Labute approximate surface area is 118 Å². The number of piperazine rings is 1. The Morgan fingerprint density at radius 1 is 1.20 bits per heavy atom. The van der Waals surface area contributed by atoms with Gasteiger partial charge in [-0.25, -0.2) is 13.2 Å². The molecular formula is C15H21F3N2. The van der Waals surface area contributed by atoms with Crippen molar-refractivity contribution in [3.8, 4) is 0 Å². The van der Waals surface area contributed by atoms with E-state index in [1.54, 1.807) is 0 Å². The van der Waals surface area contributed by atoms with Crippen LogP contribution in [0.4, 0.5) is 18.9 Å². The molecule has 1 N–H and O–H groups in total. The zero-order chi connectivity index (χ0) is 15.1. The minimum Gasteiger partial charge on any atom is -0.363 e. The van der Waals surface area contributed by atoms with E-state index in [1.165, 1.54) is 6.07 Å². The van der Waals surface area contributed by atoms with Crippen LogP contribution in [-0.2, 0) is 0 Å². The number of anilines is 1. The maximum Gasteiger partial charge on any atom is 0.196 e. The average Bonchev–Trinajstić information content (AvgIpc) is 2.34. The van der Waals surface area contributed by atoms with Crippen molar-refractivity contribution in [2.75, 3.05) is 18.0 Å². The first-order chi connectivity index (χ1) is 9.23. The SMILES string of the molecule is CC(C)C1CNC(C)(C)CN1c1ccc(F)c(F)c1F. The van der Waals surface area contributed by atoms with E-state index in [-0.39, 0.29) is 23.2 Å². The van der Waals surface area contributed by atoms with Crippen molar-refractivity contribution in [2.24, 2.45) is 5.92 Å². The number of halogens is 3. The van der Waals surface area contributed by atoms with Crippen LogP contribution < -0.4 is 10.2 Å². The molecule has 0 saturated carbocycles. The molecule has 112 valence electrons. The van der Waals surface area contributed by atoms with E-state index >= 15 is 0 Å². The third kappa shape index (κ3) is 2.77. The highest BCUT2D eigenvalue weighted by Gasteiger charge is 2.35. The minimum absolute atomic E-state index is 0.0439. The van der Waals surface area contributed by atoms with Crippen molar-refractivity contribution >= 4 is 5.69 Å². The smallest absolute Gasteiger partial charge is 0.196 e. The summed E-state index contributed by atoms with van der Waals surface area (Å²) in [4.78, 5) is 1.85. The summed E-state index contributed by atoms with van der Waals surface area (Å²) in [5.41, 5.74) is -0.0694. The third-order valence-corrected chi connectivity index (χ3v) is 3.85. The van der Waals surface area contributed by atoms with E-state index in [0.29, 0.717) is 13.1 Å². The summed E-state index contributed by atoms with van der Waals surface area (Å²) in [6, 6.07) is 2.35. The Morgan fingerprint density at radius 3 is 2.45 bits per heavy atom. The number of nitrogens with zero attached hydrogens (tertiary/aromatic N) is 1. The molecule has 1 saturated heterocycles. The number of hydrogen-bond acceptors (Lipinski definition) is 2. The molecule has 1 aromatic carbocycles. The van der Waals surface area contributed by atoms with Crippen molar-refractivity contribution in [3.63, 3.8) is 0 Å². The second kappa shape index (κ2) is 5.28. The molecule has 0 amide bonds. The fourth-order valence-corrected chi connectivity index (χ4v) is 2.69. The lowest BCUT2D eigenvalue weighted by Crippen LogP contribution is -2.63. The quantitative estimate of drug-likeness (QED) is 0.839. The van der Waals surface area contributed by atoms with E-state index in [4.69, 9.17) is 0 Å². The van der Waals surface area contributed by atoms with Gasteiger partial charge in [-0.15, -0.1) is 0 Å². The minimum atomic E-state index is -1.40. The van der Waals surface area contributed by atoms with Gasteiger partial charge >= 0.3 is 0 Å². The van der Waals surface area contributed by atoms with Gasteiger partial charge in [-0.05, 0) is 31.9 Å². The van der Waals surface area contributed by atoms with E-state index < -0.39 is 17.5 Å². The molecule has 1 fully saturated rings. The molecule has 1 aliphatic heterocycles. The molecular weight excluding hydrogens is 265 g/mol. The molecule has 1 atom stereocenters. The van der Waals surface area contributed by atoms with Crippen molar-refractivity contribution in [2.45, 2.75) is 39.3 Å². The van der Waals surface area contributed by atoms with Crippen molar-refractivity contribution < 1.29 is 13.2 Å². The lowest BCUT2D eigenvalue weighted by molar-refractivity contribution is 0.274. The van der Waals surface area contributed by atoms with E-state index in [0.717, 1.165) is 6.07 Å². The van der Waals surface area contributed by atoms with Gasteiger partial charge in [0, 0.05) is 24.7 Å². The Bertz CT molecular complexity index is 500. The van der Waals surface area contributed by atoms with Crippen LogP contribution in [0.2, 0.25) is 0 Å². The molecule has 0 spiro atoms. The summed E-state index contributed by atoms with van der Waals surface area (Å²) in [6.07, 6.45) is 0. The van der Waals surface area contributed by atoms with Crippen LogP contribution in [0.25, 0.3) is 0 Å². The highest BCUT2D eigenvalue weighted by Crippen LogP contribution is 2.30. The molecule has 1 heterocycles. The highest BCUT2D eigenvalue weighted by molar-refractivity contribution is 5.51. The summed E-state index contributed by atoms with van der Waals surface area (Å²) in [5, 5.41) is 3.40. The van der Waals surface area contributed by atoms with Gasteiger partial charge in [0.2, 0.25) is 0 Å². The van der Waals surface area contributed by atoms with Crippen LogP contribution in [0.15, 0.2) is 12.1 Å². The molecule has 0 bridgehead atoms. The van der Waals surface area contributed by atoms with Gasteiger partial charge in [-0.1, -0.05) is 13.8 Å². The molecule has 1 aliphatic rings. The lowest BCUT2D eigenvalue weighted by atomic mass is 9.92. The highest BCUT2D eigenvalue weighted by atomic mass is 19.2. The van der Waals surface area contributed by atoms with Crippen molar-refractivity contribution in [1.29, 1.82) is 0 Å². The van der Waals surface area contributed by atoms with Gasteiger partial charge in [0.1, 0.15) is 0 Å². The summed E-state index contributed by atoms with van der Waals surface area (Å²) in [7, 11) is 0. The van der Waals surface area contributed by atoms with Crippen LogP contribution in [0.5, 0.6) is 0 Å². The molecule has 1 aromatic rings. The summed E-state index contributed by atoms with van der Waals surface area (Å²) >= 11 is 0. The normalized spacial score (nSPS) is 22.4. The predicted octanol–water partition coefficient (Wildman–Crippen LogP) is 3.32. The Kier molecular flexibility index (Phi) is 4.00. The van der Waals surface area contributed by atoms with E-state index in [9.17, 15) is 13.2 Å². The molecule has 20 heavy (non-hydrogen) atoms. The molecule has 0 aromatic heterocycles. The first-order valence-corrected chi connectivity index (χ1v) is 6.88. The Hall–Kier alpha value is -1.23. The van der Waals surface area contributed by atoms with Crippen LogP contribution in [0.3, 0.4) is 0 Å².